The molecule has 0 aliphatic heterocycles. The molecule has 3 heteroatoms. The van der Waals surface area contributed by atoms with E-state index in [1.165, 1.54) is 12.1 Å². The highest BCUT2D eigenvalue weighted by Gasteiger charge is 2.13. The molecule has 0 heterocycles. The molecule has 3 rings (SSSR count). The van der Waals surface area contributed by atoms with Gasteiger partial charge < -0.3 is 5.73 Å². The average molecular weight is 319 g/mol. The molecule has 0 aromatic heterocycles. The smallest absolute Gasteiger partial charge is 0.163 e. The molecule has 120 valence electrons. The zero-order valence-electron chi connectivity index (χ0n) is 13.2. The van der Waals surface area contributed by atoms with Crippen LogP contribution in [0.25, 0.3) is 11.1 Å². The van der Waals surface area contributed by atoms with Crippen LogP contribution in [0.2, 0.25) is 0 Å². The van der Waals surface area contributed by atoms with Crippen molar-refractivity contribution in [2.24, 2.45) is 0 Å². The Hall–Kier alpha value is -2.94. The normalized spacial score (nSPS) is 10.5. The van der Waals surface area contributed by atoms with Crippen LogP contribution in [-0.2, 0) is 6.42 Å². The van der Waals surface area contributed by atoms with E-state index in [2.05, 4.69) is 0 Å². The van der Waals surface area contributed by atoms with E-state index in [1.807, 2.05) is 48.5 Å². The summed E-state index contributed by atoms with van der Waals surface area (Å²) in [5.41, 5.74) is 9.59. The Bertz CT molecular complexity index is 873. The fraction of sp³-hybridized carbons (Fsp3) is 0.0952. The molecule has 0 spiro atoms. The number of nitrogen functional groups attached to an aromatic ring is 1. The number of carbonyl (C=O) groups excluding carboxylic acids is 1. The third-order valence-electron chi connectivity index (χ3n) is 3.95. The maximum Gasteiger partial charge on any atom is 0.163 e. The van der Waals surface area contributed by atoms with E-state index in [4.69, 9.17) is 5.73 Å². The first-order valence-electron chi connectivity index (χ1n) is 7.86. The topological polar surface area (TPSA) is 43.1 Å². The number of hydrogen-bond acceptors (Lipinski definition) is 2. The minimum Gasteiger partial charge on any atom is -0.399 e. The van der Waals surface area contributed by atoms with E-state index in [-0.39, 0.29) is 11.6 Å². The van der Waals surface area contributed by atoms with Crippen molar-refractivity contribution in [1.29, 1.82) is 0 Å². The van der Waals surface area contributed by atoms with Crippen LogP contribution in [0.5, 0.6) is 0 Å². The molecular formula is C21H18FNO. The molecule has 0 radical (unpaired) electrons. The molecule has 3 aromatic carbocycles. The highest BCUT2D eigenvalue weighted by atomic mass is 19.1. The molecule has 0 atom stereocenters. The lowest BCUT2D eigenvalue weighted by molar-refractivity contribution is 0.0983. The van der Waals surface area contributed by atoms with Gasteiger partial charge in [-0.2, -0.15) is 0 Å². The molecule has 0 aliphatic rings. The van der Waals surface area contributed by atoms with Crippen molar-refractivity contribution in [2.45, 2.75) is 12.8 Å². The summed E-state index contributed by atoms with van der Waals surface area (Å²) in [5.74, 6) is -0.271. The number of aryl methyl sites for hydroxylation is 1. The van der Waals surface area contributed by atoms with Crippen LogP contribution in [-0.4, -0.2) is 5.78 Å². The molecule has 2 nitrogen and oxygen atoms in total. The Morgan fingerprint density at radius 2 is 1.71 bits per heavy atom. The Balaban J connectivity index is 1.83. The van der Waals surface area contributed by atoms with Gasteiger partial charge in [0.15, 0.2) is 5.78 Å². The van der Waals surface area contributed by atoms with E-state index in [0.29, 0.717) is 29.7 Å². The molecule has 0 fully saturated rings. The van der Waals surface area contributed by atoms with Gasteiger partial charge in [-0.15, -0.1) is 0 Å². The predicted molar refractivity (Wildman–Crippen MR) is 95.3 cm³/mol. The Morgan fingerprint density at radius 1 is 0.917 bits per heavy atom. The third-order valence-corrected chi connectivity index (χ3v) is 3.95. The van der Waals surface area contributed by atoms with E-state index < -0.39 is 0 Å². The van der Waals surface area contributed by atoms with Gasteiger partial charge >= 0.3 is 0 Å². The van der Waals surface area contributed by atoms with Gasteiger partial charge in [-0.05, 0) is 47.4 Å². The molecule has 0 amide bonds. The largest absolute Gasteiger partial charge is 0.399 e. The first-order valence-corrected chi connectivity index (χ1v) is 7.86. The van der Waals surface area contributed by atoms with Gasteiger partial charge in [0.2, 0.25) is 0 Å². The molecule has 0 unspecified atom stereocenters. The van der Waals surface area contributed by atoms with E-state index in [9.17, 15) is 9.18 Å². The van der Waals surface area contributed by atoms with Crippen molar-refractivity contribution in [3.63, 3.8) is 0 Å². The number of ketones is 1. The second-order valence-corrected chi connectivity index (χ2v) is 5.72. The number of hydrogen-bond donors (Lipinski definition) is 1. The minimum absolute atomic E-state index is 0.0392. The van der Waals surface area contributed by atoms with Gasteiger partial charge in [-0.25, -0.2) is 4.39 Å². The summed E-state index contributed by atoms with van der Waals surface area (Å²) < 4.78 is 13.5. The summed E-state index contributed by atoms with van der Waals surface area (Å²) in [6.45, 7) is 0. The van der Waals surface area contributed by atoms with Crippen molar-refractivity contribution >= 4 is 11.5 Å². The zero-order chi connectivity index (χ0) is 16.9. The standard InChI is InChI=1S/C21H18FNO/c22-17-7-4-6-16(14-17)19-9-1-2-10-20(19)21(24)12-11-15-5-3-8-18(23)13-15/h1-10,13-14H,11-12,23H2. The van der Waals surface area contributed by atoms with Crippen LogP contribution in [0.15, 0.2) is 72.8 Å². The van der Waals surface area contributed by atoms with Crippen molar-refractivity contribution in [3.8, 4) is 11.1 Å². The summed E-state index contributed by atoms with van der Waals surface area (Å²) in [4.78, 5) is 12.7. The molecule has 24 heavy (non-hydrogen) atoms. The predicted octanol–water partition coefficient (Wildman–Crippen LogP) is 4.89. The van der Waals surface area contributed by atoms with Crippen LogP contribution < -0.4 is 5.73 Å². The first kappa shape index (κ1) is 15.9. The van der Waals surface area contributed by atoms with Crippen LogP contribution >= 0.6 is 0 Å². The zero-order valence-corrected chi connectivity index (χ0v) is 13.2. The third kappa shape index (κ3) is 3.69. The minimum atomic E-state index is -0.311. The molecule has 0 saturated carbocycles. The highest BCUT2D eigenvalue weighted by Crippen LogP contribution is 2.25. The van der Waals surface area contributed by atoms with Crippen LogP contribution in [0, 0.1) is 5.82 Å². The SMILES string of the molecule is Nc1cccc(CCC(=O)c2ccccc2-c2cccc(F)c2)c1. The van der Waals surface area contributed by atoms with Crippen LogP contribution in [0.4, 0.5) is 10.1 Å². The average Bonchev–Trinajstić information content (AvgIpc) is 2.60. The number of rotatable bonds is 5. The van der Waals surface area contributed by atoms with Gasteiger partial charge in [-0.1, -0.05) is 48.5 Å². The molecule has 0 saturated heterocycles. The van der Waals surface area contributed by atoms with E-state index in [0.717, 1.165) is 11.1 Å². The van der Waals surface area contributed by atoms with Crippen molar-refractivity contribution < 1.29 is 9.18 Å². The van der Waals surface area contributed by atoms with Crippen LogP contribution in [0.3, 0.4) is 0 Å². The number of Topliss-reactive ketones (excluding diaryl/α,β-unsaturated/α-hetero) is 1. The lowest BCUT2D eigenvalue weighted by atomic mass is 9.94. The fourth-order valence-electron chi connectivity index (χ4n) is 2.78. The Labute approximate surface area is 140 Å². The van der Waals surface area contributed by atoms with Crippen molar-refractivity contribution in [2.75, 3.05) is 5.73 Å². The molecule has 2 N–H and O–H groups in total. The van der Waals surface area contributed by atoms with Crippen molar-refractivity contribution in [3.05, 3.63) is 89.7 Å². The van der Waals surface area contributed by atoms with Gasteiger partial charge in [-0.3, -0.25) is 4.79 Å². The second-order valence-electron chi connectivity index (χ2n) is 5.72. The lowest BCUT2D eigenvalue weighted by Crippen LogP contribution is -2.03. The lowest BCUT2D eigenvalue weighted by Gasteiger charge is -2.09. The van der Waals surface area contributed by atoms with Crippen LogP contribution in [0.1, 0.15) is 22.3 Å². The summed E-state index contributed by atoms with van der Waals surface area (Å²) in [5, 5.41) is 0. The number of nitrogens with two attached hydrogens (primary N) is 1. The van der Waals surface area contributed by atoms with E-state index >= 15 is 0 Å². The second kappa shape index (κ2) is 7.09. The maximum absolute atomic E-state index is 13.5. The number of carbonyl (C=O) groups is 1. The number of anilines is 1. The van der Waals surface area contributed by atoms with Gasteiger partial charge in [0, 0.05) is 17.7 Å². The van der Waals surface area contributed by atoms with Crippen molar-refractivity contribution in [1.82, 2.24) is 0 Å². The number of halogens is 1. The molecule has 3 aromatic rings. The maximum atomic E-state index is 13.5. The quantitative estimate of drug-likeness (QED) is 0.537. The monoisotopic (exact) mass is 319 g/mol. The highest BCUT2D eigenvalue weighted by molar-refractivity contribution is 6.02. The summed E-state index contributed by atoms with van der Waals surface area (Å²) in [6.07, 6.45) is 1.01. The molecule has 0 bridgehead atoms. The first-order chi connectivity index (χ1) is 11.6. The fourth-order valence-corrected chi connectivity index (χ4v) is 2.78. The van der Waals surface area contributed by atoms with Gasteiger partial charge in [0.1, 0.15) is 5.82 Å². The molecule has 0 aliphatic carbocycles. The summed E-state index contributed by atoms with van der Waals surface area (Å²) >= 11 is 0. The summed E-state index contributed by atoms with van der Waals surface area (Å²) in [7, 11) is 0. The van der Waals surface area contributed by atoms with Gasteiger partial charge in [0.05, 0.1) is 0 Å². The Kier molecular flexibility index (Phi) is 4.71. The van der Waals surface area contributed by atoms with E-state index in [1.54, 1.807) is 12.1 Å². The van der Waals surface area contributed by atoms with Gasteiger partial charge in [0.25, 0.3) is 0 Å². The Morgan fingerprint density at radius 3 is 2.50 bits per heavy atom. The molecular weight excluding hydrogens is 301 g/mol. The number of benzene rings is 3. The summed E-state index contributed by atoms with van der Waals surface area (Å²) in [6, 6.07) is 21.2.